The van der Waals surface area contributed by atoms with Crippen LogP contribution in [0.5, 0.6) is 0 Å². The van der Waals surface area contributed by atoms with Crippen molar-refractivity contribution in [3.05, 3.63) is 29.0 Å². The van der Waals surface area contributed by atoms with Gasteiger partial charge in [-0.15, -0.1) is 0 Å². The number of fused-ring (bicyclic) bond motifs is 1. The molecule has 15 heavy (non-hydrogen) atoms. The van der Waals surface area contributed by atoms with Crippen LogP contribution in [-0.2, 0) is 0 Å². The second kappa shape index (κ2) is 3.61. The van der Waals surface area contributed by atoms with E-state index in [1.165, 1.54) is 11.9 Å². The fourth-order valence-corrected chi connectivity index (χ4v) is 2.89. The van der Waals surface area contributed by atoms with Gasteiger partial charge in [-0.05, 0) is 41.0 Å². The Morgan fingerprint density at radius 1 is 1.40 bits per heavy atom. The molecule has 1 atom stereocenters. The molecule has 2 heterocycles. The maximum Gasteiger partial charge on any atom is 0.178 e. The molecule has 2 aromatic rings. The highest BCUT2D eigenvalue weighted by molar-refractivity contribution is 9.10. The number of hydrogen-bond acceptors (Lipinski definition) is 2. The van der Waals surface area contributed by atoms with Crippen molar-refractivity contribution in [1.82, 2.24) is 14.9 Å². The summed E-state index contributed by atoms with van der Waals surface area (Å²) < 4.78 is 3.23. The Morgan fingerprint density at radius 3 is 3.07 bits per heavy atom. The molecule has 1 aromatic heterocycles. The minimum Gasteiger partial charge on any atom is -0.315 e. The second-order valence-corrected chi connectivity index (χ2v) is 4.60. The van der Waals surface area contributed by atoms with Crippen molar-refractivity contribution in [3.8, 4) is 0 Å². The third kappa shape index (κ3) is 1.48. The topological polar surface area (TPSA) is 29.9 Å². The number of halogens is 1. The molecule has 0 amide bonds. The number of para-hydroxylation sites is 2. The Labute approximate surface area is 96.6 Å². The summed E-state index contributed by atoms with van der Waals surface area (Å²) in [5.41, 5.74) is 2.29. The standard InChI is InChI=1S/C11H12BrN3/c12-11-14-9-3-1-2-4-10(9)15(11)8-5-6-13-7-8/h1-4,8,13H,5-7H2. The van der Waals surface area contributed by atoms with E-state index in [0.717, 1.165) is 23.3 Å². The van der Waals surface area contributed by atoms with E-state index in [9.17, 15) is 0 Å². The first kappa shape index (κ1) is 9.36. The number of aromatic nitrogens is 2. The van der Waals surface area contributed by atoms with Gasteiger partial charge in [0, 0.05) is 12.6 Å². The number of rotatable bonds is 1. The van der Waals surface area contributed by atoms with Gasteiger partial charge in [0.05, 0.1) is 11.0 Å². The second-order valence-electron chi connectivity index (χ2n) is 3.89. The molecule has 0 saturated carbocycles. The molecular weight excluding hydrogens is 254 g/mol. The smallest absolute Gasteiger partial charge is 0.178 e. The molecule has 4 heteroatoms. The molecular formula is C11H12BrN3. The summed E-state index contributed by atoms with van der Waals surface area (Å²) in [7, 11) is 0. The molecule has 0 radical (unpaired) electrons. The van der Waals surface area contributed by atoms with Crippen LogP contribution in [0.4, 0.5) is 0 Å². The fraction of sp³-hybridized carbons (Fsp3) is 0.364. The molecule has 1 unspecified atom stereocenters. The SMILES string of the molecule is Brc1nc2ccccc2n1C1CCNC1. The summed E-state index contributed by atoms with van der Waals surface area (Å²) in [6.07, 6.45) is 1.18. The van der Waals surface area contributed by atoms with Crippen LogP contribution in [0.15, 0.2) is 29.0 Å². The lowest BCUT2D eigenvalue weighted by atomic mass is 10.2. The number of nitrogens with one attached hydrogen (secondary N) is 1. The first-order valence-electron chi connectivity index (χ1n) is 5.19. The number of nitrogens with zero attached hydrogens (tertiary/aromatic N) is 2. The van der Waals surface area contributed by atoms with Crippen molar-refractivity contribution in [2.24, 2.45) is 0 Å². The largest absolute Gasteiger partial charge is 0.315 e. The Kier molecular flexibility index (Phi) is 2.25. The normalized spacial score (nSPS) is 21.3. The summed E-state index contributed by atoms with van der Waals surface area (Å²) in [4.78, 5) is 4.51. The Balaban J connectivity index is 2.19. The van der Waals surface area contributed by atoms with E-state index < -0.39 is 0 Å². The molecule has 1 aliphatic heterocycles. The Morgan fingerprint density at radius 2 is 2.27 bits per heavy atom. The molecule has 1 N–H and O–H groups in total. The van der Waals surface area contributed by atoms with E-state index in [1.54, 1.807) is 0 Å². The van der Waals surface area contributed by atoms with Crippen molar-refractivity contribution in [2.45, 2.75) is 12.5 Å². The summed E-state index contributed by atoms with van der Waals surface area (Å²) >= 11 is 3.54. The van der Waals surface area contributed by atoms with E-state index in [1.807, 2.05) is 6.07 Å². The van der Waals surface area contributed by atoms with Crippen LogP contribution in [0.3, 0.4) is 0 Å². The molecule has 0 aliphatic carbocycles. The zero-order chi connectivity index (χ0) is 10.3. The number of benzene rings is 1. The lowest BCUT2D eigenvalue weighted by molar-refractivity contribution is 0.551. The lowest BCUT2D eigenvalue weighted by Crippen LogP contribution is -2.13. The molecule has 3 nitrogen and oxygen atoms in total. The van der Waals surface area contributed by atoms with Crippen molar-refractivity contribution in [3.63, 3.8) is 0 Å². The molecule has 1 aliphatic rings. The van der Waals surface area contributed by atoms with Gasteiger partial charge in [0.1, 0.15) is 0 Å². The van der Waals surface area contributed by atoms with Crippen LogP contribution in [0.25, 0.3) is 11.0 Å². The van der Waals surface area contributed by atoms with Crippen LogP contribution < -0.4 is 5.32 Å². The molecule has 1 saturated heterocycles. The Bertz CT molecular complexity index is 486. The van der Waals surface area contributed by atoms with Crippen molar-refractivity contribution in [2.75, 3.05) is 13.1 Å². The van der Waals surface area contributed by atoms with E-state index in [0.29, 0.717) is 6.04 Å². The monoisotopic (exact) mass is 265 g/mol. The van der Waals surface area contributed by atoms with Gasteiger partial charge < -0.3 is 9.88 Å². The zero-order valence-electron chi connectivity index (χ0n) is 8.28. The summed E-state index contributed by atoms with van der Waals surface area (Å²) in [6, 6.07) is 8.81. The van der Waals surface area contributed by atoms with Crippen molar-refractivity contribution in [1.29, 1.82) is 0 Å². The maximum absolute atomic E-state index is 4.51. The number of imidazole rings is 1. The van der Waals surface area contributed by atoms with E-state index in [-0.39, 0.29) is 0 Å². The van der Waals surface area contributed by atoms with Gasteiger partial charge >= 0.3 is 0 Å². The predicted octanol–water partition coefficient (Wildman–Crippen LogP) is 2.33. The van der Waals surface area contributed by atoms with Crippen LogP contribution >= 0.6 is 15.9 Å². The highest BCUT2D eigenvalue weighted by Crippen LogP contribution is 2.27. The van der Waals surface area contributed by atoms with Crippen LogP contribution in [0, 0.1) is 0 Å². The molecule has 0 bridgehead atoms. The van der Waals surface area contributed by atoms with E-state index >= 15 is 0 Å². The first-order valence-corrected chi connectivity index (χ1v) is 5.99. The minimum atomic E-state index is 0.534. The maximum atomic E-state index is 4.51. The van der Waals surface area contributed by atoms with Crippen LogP contribution in [0.1, 0.15) is 12.5 Å². The van der Waals surface area contributed by atoms with Crippen molar-refractivity contribution >= 4 is 27.0 Å². The quantitative estimate of drug-likeness (QED) is 0.858. The highest BCUT2D eigenvalue weighted by atomic mass is 79.9. The van der Waals surface area contributed by atoms with Gasteiger partial charge in [0.25, 0.3) is 0 Å². The molecule has 0 spiro atoms. The highest BCUT2D eigenvalue weighted by Gasteiger charge is 2.20. The van der Waals surface area contributed by atoms with Crippen LogP contribution in [0.2, 0.25) is 0 Å². The van der Waals surface area contributed by atoms with Crippen LogP contribution in [-0.4, -0.2) is 22.6 Å². The predicted molar refractivity (Wildman–Crippen MR) is 64.0 cm³/mol. The minimum absolute atomic E-state index is 0.534. The first-order chi connectivity index (χ1) is 7.36. The van der Waals surface area contributed by atoms with Gasteiger partial charge in [-0.1, -0.05) is 12.1 Å². The van der Waals surface area contributed by atoms with Crippen molar-refractivity contribution < 1.29 is 0 Å². The van der Waals surface area contributed by atoms with E-state index in [2.05, 4.69) is 49.0 Å². The molecule has 1 aromatic carbocycles. The Hall–Kier alpha value is -0.870. The molecule has 1 fully saturated rings. The average molecular weight is 266 g/mol. The lowest BCUT2D eigenvalue weighted by Gasteiger charge is -2.12. The third-order valence-corrected chi connectivity index (χ3v) is 3.51. The van der Waals surface area contributed by atoms with Gasteiger partial charge in [-0.3, -0.25) is 0 Å². The molecule has 78 valence electrons. The summed E-state index contributed by atoms with van der Waals surface area (Å²) in [5.74, 6) is 0. The van der Waals surface area contributed by atoms with E-state index in [4.69, 9.17) is 0 Å². The molecule has 3 rings (SSSR count). The van der Waals surface area contributed by atoms with Gasteiger partial charge in [-0.25, -0.2) is 4.98 Å². The van der Waals surface area contributed by atoms with Gasteiger partial charge in [0.15, 0.2) is 4.73 Å². The number of hydrogen-bond donors (Lipinski definition) is 1. The van der Waals surface area contributed by atoms with Gasteiger partial charge in [-0.2, -0.15) is 0 Å². The zero-order valence-corrected chi connectivity index (χ0v) is 9.87. The third-order valence-electron chi connectivity index (χ3n) is 2.95. The van der Waals surface area contributed by atoms with Gasteiger partial charge in [0.2, 0.25) is 0 Å². The average Bonchev–Trinajstić information content (AvgIpc) is 2.82. The fourth-order valence-electron chi connectivity index (χ4n) is 2.22. The summed E-state index contributed by atoms with van der Waals surface area (Å²) in [6.45, 7) is 2.14. The summed E-state index contributed by atoms with van der Waals surface area (Å²) in [5, 5.41) is 3.38.